The summed E-state index contributed by atoms with van der Waals surface area (Å²) in [5, 5.41) is 5.23. The fourth-order valence-electron chi connectivity index (χ4n) is 5.35. The molecule has 0 unspecified atom stereocenters. The molecule has 0 radical (unpaired) electrons. The number of aromatic nitrogens is 1. The normalized spacial score (nSPS) is 14.6. The lowest BCUT2D eigenvalue weighted by molar-refractivity contribution is -0.118. The third-order valence-electron chi connectivity index (χ3n) is 7.39. The maximum atomic E-state index is 12.8. The molecule has 0 atom stereocenters. The maximum Gasteiger partial charge on any atom is 0.253 e. The fraction of sp³-hybridized carbons (Fsp3) is 0.371. The van der Waals surface area contributed by atoms with Crippen LogP contribution in [0.5, 0.6) is 0 Å². The van der Waals surface area contributed by atoms with Gasteiger partial charge in [0.2, 0.25) is 5.91 Å². The zero-order valence-electron chi connectivity index (χ0n) is 25.6. The lowest BCUT2D eigenvalue weighted by Crippen LogP contribution is -2.35. The summed E-state index contributed by atoms with van der Waals surface area (Å²) in [6.45, 7) is 4.38. The van der Waals surface area contributed by atoms with Gasteiger partial charge in [-0.25, -0.2) is 0 Å². The Kier molecular flexibility index (Phi) is 12.2. The van der Waals surface area contributed by atoms with Gasteiger partial charge in [-0.15, -0.1) is 0 Å². The van der Waals surface area contributed by atoms with E-state index in [0.29, 0.717) is 6.42 Å². The van der Waals surface area contributed by atoms with Gasteiger partial charge in [0.25, 0.3) is 5.91 Å². The first kappa shape index (κ1) is 32.3. The number of para-hydroxylation sites is 1. The summed E-state index contributed by atoms with van der Waals surface area (Å²) in [4.78, 5) is 33.9. The molecule has 0 aliphatic carbocycles. The van der Waals surface area contributed by atoms with E-state index < -0.39 is 0 Å². The zero-order valence-corrected chi connectivity index (χ0v) is 26.4. The van der Waals surface area contributed by atoms with E-state index in [4.69, 9.17) is 11.6 Å². The highest BCUT2D eigenvalue weighted by Crippen LogP contribution is 2.30. The minimum absolute atomic E-state index is 0.152. The summed E-state index contributed by atoms with van der Waals surface area (Å²) >= 11 is 6.08. The predicted molar refractivity (Wildman–Crippen MR) is 178 cm³/mol. The van der Waals surface area contributed by atoms with Gasteiger partial charge >= 0.3 is 0 Å². The molecule has 1 fully saturated rings. The molecule has 0 spiro atoms. The van der Waals surface area contributed by atoms with Crippen LogP contribution in [-0.2, 0) is 17.6 Å². The maximum absolute atomic E-state index is 12.8. The molecule has 43 heavy (non-hydrogen) atoms. The van der Waals surface area contributed by atoms with Gasteiger partial charge in [-0.3, -0.25) is 9.59 Å². The second-order valence-corrected chi connectivity index (χ2v) is 11.8. The Morgan fingerprint density at radius 1 is 0.884 bits per heavy atom. The van der Waals surface area contributed by atoms with Crippen LogP contribution in [0.15, 0.2) is 79.0 Å². The average Bonchev–Trinajstić information content (AvgIpc) is 3.23. The van der Waals surface area contributed by atoms with Crippen molar-refractivity contribution in [1.29, 1.82) is 0 Å². The van der Waals surface area contributed by atoms with Crippen molar-refractivity contribution in [3.63, 3.8) is 0 Å². The molecule has 3 heterocycles. The number of anilines is 1. The van der Waals surface area contributed by atoms with Gasteiger partial charge in [-0.1, -0.05) is 48.0 Å². The molecule has 2 N–H and O–H groups in total. The molecule has 2 amide bonds. The highest BCUT2D eigenvalue weighted by Gasteiger charge is 2.22. The second kappa shape index (κ2) is 16.3. The molecule has 0 saturated carbocycles. The molecule has 1 aromatic heterocycles. The number of aryl methyl sites for hydroxylation is 2. The van der Waals surface area contributed by atoms with E-state index >= 15 is 0 Å². The van der Waals surface area contributed by atoms with Crippen LogP contribution >= 0.6 is 11.6 Å². The Labute approximate surface area is 260 Å². The summed E-state index contributed by atoms with van der Waals surface area (Å²) < 4.78 is 0. The van der Waals surface area contributed by atoms with E-state index in [-0.39, 0.29) is 11.8 Å². The van der Waals surface area contributed by atoms with Gasteiger partial charge in [0.05, 0.1) is 0 Å². The summed E-state index contributed by atoms with van der Waals surface area (Å²) in [5.41, 5.74) is 5.31. The predicted octanol–water partition coefficient (Wildman–Crippen LogP) is 6.03. The first-order valence-corrected chi connectivity index (χ1v) is 15.5. The van der Waals surface area contributed by atoms with Crippen molar-refractivity contribution in [1.82, 2.24) is 20.1 Å². The van der Waals surface area contributed by atoms with Gasteiger partial charge in [-0.05, 0) is 101 Å². The van der Waals surface area contributed by atoms with Gasteiger partial charge in [0.15, 0.2) is 0 Å². The second-order valence-electron chi connectivity index (χ2n) is 11.4. The number of H-pyrrole nitrogens is 1. The lowest BCUT2D eigenvalue weighted by Gasteiger charge is -2.29. The zero-order chi connectivity index (χ0) is 30.6. The smallest absolute Gasteiger partial charge is 0.253 e. The van der Waals surface area contributed by atoms with Crippen molar-refractivity contribution < 1.29 is 9.59 Å². The number of hydrogen-bond acceptors (Lipinski definition) is 4. The van der Waals surface area contributed by atoms with Crippen LogP contribution in [0.3, 0.4) is 0 Å². The highest BCUT2D eigenvalue weighted by molar-refractivity contribution is 6.30. The first-order valence-electron chi connectivity index (χ1n) is 15.1. The Morgan fingerprint density at radius 2 is 1.63 bits per heavy atom. The van der Waals surface area contributed by atoms with Crippen LogP contribution in [0.25, 0.3) is 10.9 Å². The summed E-state index contributed by atoms with van der Waals surface area (Å²) in [6.07, 6.45) is 6.31. The van der Waals surface area contributed by atoms with Gasteiger partial charge in [0, 0.05) is 66.0 Å². The number of halogens is 1. The Bertz CT molecular complexity index is 1460. The molecule has 4 aromatic rings. The molecule has 3 aromatic carbocycles. The topological polar surface area (TPSA) is 71.7 Å². The van der Waals surface area contributed by atoms with Gasteiger partial charge in [-0.2, -0.15) is 0 Å². The summed E-state index contributed by atoms with van der Waals surface area (Å²) in [7, 11) is 6.00. The van der Waals surface area contributed by atoms with Gasteiger partial charge < -0.3 is 25.0 Å². The number of amides is 2. The molecule has 7 nitrogen and oxygen atoms in total. The number of carbonyl (C=O) groups excluding carboxylic acids is 2. The third kappa shape index (κ3) is 9.42. The molecule has 228 valence electrons. The summed E-state index contributed by atoms with van der Waals surface area (Å²) in [5.74, 6) is 0.336. The van der Waals surface area contributed by atoms with Crippen LogP contribution in [-0.4, -0.2) is 80.5 Å². The standard InChI is InChI=1S/C20H19ClN2O.C12H16N2O.C3H9N/c21-16-8-9-19-14(12-16)4-3-11-23(19)20(24)10-7-15-13-22-18-6-2-1-5-17(15)18;15-12(11-5-2-1-3-6-11)14-9-4-7-13-8-10-14;1-4(2)3/h1-2,5-6,8-9,12-13,22H,3-4,7,10-11H2;1-3,5-6,13H,4,7-10H2;1-3H3. The van der Waals surface area contributed by atoms with Crippen LogP contribution in [0.4, 0.5) is 5.69 Å². The van der Waals surface area contributed by atoms with Crippen molar-refractivity contribution in [2.24, 2.45) is 0 Å². The average molecular weight is 602 g/mol. The van der Waals surface area contributed by atoms with E-state index in [9.17, 15) is 9.59 Å². The molecule has 0 bridgehead atoms. The van der Waals surface area contributed by atoms with Crippen LogP contribution < -0.4 is 10.2 Å². The van der Waals surface area contributed by atoms with Crippen LogP contribution in [0, 0.1) is 0 Å². The highest BCUT2D eigenvalue weighted by atomic mass is 35.5. The van der Waals surface area contributed by atoms with Crippen molar-refractivity contribution in [3.8, 4) is 0 Å². The number of rotatable bonds is 4. The fourth-order valence-corrected chi connectivity index (χ4v) is 5.55. The number of aromatic amines is 1. The molecule has 2 aliphatic rings. The van der Waals surface area contributed by atoms with Crippen molar-refractivity contribution >= 4 is 40.0 Å². The number of hydrogen-bond donors (Lipinski definition) is 2. The Morgan fingerprint density at radius 3 is 2.42 bits per heavy atom. The van der Waals surface area contributed by atoms with Crippen LogP contribution in [0.2, 0.25) is 5.02 Å². The molecular weight excluding hydrogens is 558 g/mol. The number of benzene rings is 3. The minimum atomic E-state index is 0.152. The van der Waals surface area contributed by atoms with E-state index in [1.807, 2.05) is 103 Å². The van der Waals surface area contributed by atoms with Crippen molar-refractivity contribution in [2.75, 3.05) is 58.8 Å². The van der Waals surface area contributed by atoms with Gasteiger partial charge in [0.1, 0.15) is 0 Å². The Hall–Kier alpha value is -3.65. The Balaban J connectivity index is 0.000000190. The number of nitrogens with one attached hydrogen (secondary N) is 2. The SMILES string of the molecule is CN(C)C.O=C(CCc1c[nH]c2ccccc12)N1CCCc2cc(Cl)ccc21.O=C(c1ccccc1)N1CCCNCC1. The largest absolute Gasteiger partial charge is 0.361 e. The van der Waals surface area contributed by atoms with E-state index in [1.165, 1.54) is 16.5 Å². The quantitative estimate of drug-likeness (QED) is 0.299. The monoisotopic (exact) mass is 601 g/mol. The van der Waals surface area contributed by atoms with Crippen molar-refractivity contribution in [2.45, 2.75) is 32.1 Å². The minimum Gasteiger partial charge on any atom is -0.361 e. The lowest BCUT2D eigenvalue weighted by atomic mass is 10.0. The number of fused-ring (bicyclic) bond motifs is 2. The van der Waals surface area contributed by atoms with E-state index in [1.54, 1.807) is 0 Å². The third-order valence-corrected chi connectivity index (χ3v) is 7.63. The van der Waals surface area contributed by atoms with E-state index in [0.717, 1.165) is 80.2 Å². The molecule has 2 aliphatic heterocycles. The molecule has 1 saturated heterocycles. The molecule has 6 rings (SSSR count). The summed E-state index contributed by atoms with van der Waals surface area (Å²) in [6, 6.07) is 23.5. The molecular formula is C35H44ClN5O2. The molecule has 8 heteroatoms. The number of carbonyl (C=O) groups is 2. The first-order chi connectivity index (χ1) is 20.8. The van der Waals surface area contributed by atoms with Crippen LogP contribution in [0.1, 0.15) is 40.7 Å². The number of nitrogens with zero attached hydrogens (tertiary/aromatic N) is 3. The van der Waals surface area contributed by atoms with E-state index in [2.05, 4.69) is 22.4 Å². The van der Waals surface area contributed by atoms with Crippen molar-refractivity contribution in [3.05, 3.63) is 101 Å².